The molecule has 0 atom stereocenters. The highest BCUT2D eigenvalue weighted by Gasteiger charge is 2.27. The molecule has 0 radical (unpaired) electrons. The highest BCUT2D eigenvalue weighted by atomic mass is 32.2. The van der Waals surface area contributed by atoms with Crippen LogP contribution in [0.1, 0.15) is 15.9 Å². The molecule has 0 aliphatic carbocycles. The second kappa shape index (κ2) is 6.95. The van der Waals surface area contributed by atoms with E-state index < -0.39 is 10.0 Å². The minimum Gasteiger partial charge on any atom is -0.336 e. The van der Waals surface area contributed by atoms with Crippen molar-refractivity contribution in [2.24, 2.45) is 5.14 Å². The molecule has 0 spiro atoms. The summed E-state index contributed by atoms with van der Waals surface area (Å²) in [4.78, 5) is 14.9. The van der Waals surface area contributed by atoms with Gasteiger partial charge in [0.05, 0.1) is 10.5 Å². The van der Waals surface area contributed by atoms with Crippen LogP contribution in [0.5, 0.6) is 0 Å². The van der Waals surface area contributed by atoms with Crippen LogP contribution >= 0.6 is 0 Å². The maximum Gasteiger partial charge on any atom is 0.254 e. The smallest absolute Gasteiger partial charge is 0.254 e. The first-order chi connectivity index (χ1) is 11.9. The van der Waals surface area contributed by atoms with E-state index in [1.54, 1.807) is 23.1 Å². The molecule has 3 rings (SSSR count). The number of sulfonamides is 1. The Morgan fingerprint density at radius 3 is 2.32 bits per heavy atom. The molecule has 1 aliphatic heterocycles. The van der Waals surface area contributed by atoms with Crippen molar-refractivity contribution in [3.05, 3.63) is 53.6 Å². The molecule has 0 unspecified atom stereocenters. The normalized spacial score (nSPS) is 15.2. The summed E-state index contributed by atoms with van der Waals surface area (Å²) in [6.07, 6.45) is 0. The lowest BCUT2D eigenvalue weighted by Crippen LogP contribution is -2.46. The summed E-state index contributed by atoms with van der Waals surface area (Å²) >= 11 is 0. The van der Waals surface area contributed by atoms with Gasteiger partial charge in [0.2, 0.25) is 10.0 Å². The number of benzene rings is 2. The van der Waals surface area contributed by atoms with Crippen molar-refractivity contribution < 1.29 is 13.2 Å². The average molecular weight is 359 g/mol. The van der Waals surface area contributed by atoms with Crippen molar-refractivity contribution in [3.8, 4) is 11.1 Å². The number of primary sulfonamides is 1. The number of carbonyl (C=O) groups excluding carboxylic acids is 1. The molecule has 1 fully saturated rings. The number of piperazine rings is 1. The molecule has 0 saturated carbocycles. The Morgan fingerprint density at radius 1 is 1.08 bits per heavy atom. The third-order valence-corrected chi connectivity index (χ3v) is 5.32. The Bertz CT molecular complexity index is 889. The first kappa shape index (κ1) is 17.6. The molecule has 25 heavy (non-hydrogen) atoms. The molecule has 2 aromatic rings. The minimum atomic E-state index is -3.97. The molecular formula is C18H21N3O3S. The Labute approximate surface area is 147 Å². The van der Waals surface area contributed by atoms with Crippen molar-refractivity contribution in [1.82, 2.24) is 10.2 Å². The Morgan fingerprint density at radius 2 is 1.72 bits per heavy atom. The fourth-order valence-electron chi connectivity index (χ4n) is 3.12. The summed E-state index contributed by atoms with van der Waals surface area (Å²) in [7, 11) is -3.97. The van der Waals surface area contributed by atoms with Gasteiger partial charge < -0.3 is 10.2 Å². The second-order valence-electron chi connectivity index (χ2n) is 6.08. The van der Waals surface area contributed by atoms with Gasteiger partial charge in [-0.05, 0) is 24.1 Å². The van der Waals surface area contributed by atoms with Crippen molar-refractivity contribution in [2.75, 3.05) is 26.2 Å². The van der Waals surface area contributed by atoms with Gasteiger partial charge in [-0.3, -0.25) is 4.79 Å². The van der Waals surface area contributed by atoms with Crippen LogP contribution in [0.25, 0.3) is 11.1 Å². The molecule has 1 aliphatic rings. The van der Waals surface area contributed by atoms with Gasteiger partial charge in [-0.2, -0.15) is 0 Å². The summed E-state index contributed by atoms with van der Waals surface area (Å²) in [6.45, 7) is 4.44. The molecule has 0 bridgehead atoms. The lowest BCUT2D eigenvalue weighted by Gasteiger charge is -2.29. The number of nitrogens with one attached hydrogen (secondary N) is 1. The van der Waals surface area contributed by atoms with Crippen molar-refractivity contribution in [3.63, 3.8) is 0 Å². The van der Waals surface area contributed by atoms with Crippen LogP contribution < -0.4 is 10.5 Å². The topological polar surface area (TPSA) is 92.5 Å². The van der Waals surface area contributed by atoms with Gasteiger partial charge in [0.15, 0.2) is 0 Å². The predicted octanol–water partition coefficient (Wildman–Crippen LogP) is 1.35. The summed E-state index contributed by atoms with van der Waals surface area (Å²) in [6, 6.07) is 12.2. The molecule has 1 amide bonds. The average Bonchev–Trinajstić information content (AvgIpc) is 2.61. The van der Waals surface area contributed by atoms with Gasteiger partial charge in [-0.1, -0.05) is 36.4 Å². The summed E-state index contributed by atoms with van der Waals surface area (Å²) in [5.41, 5.74) is 2.18. The zero-order valence-corrected chi connectivity index (χ0v) is 14.8. The molecule has 1 saturated heterocycles. The molecule has 0 aromatic heterocycles. The number of nitrogens with zero attached hydrogens (tertiary/aromatic N) is 1. The van der Waals surface area contributed by atoms with Crippen molar-refractivity contribution in [2.45, 2.75) is 11.8 Å². The van der Waals surface area contributed by atoms with Gasteiger partial charge in [0, 0.05) is 31.7 Å². The monoisotopic (exact) mass is 359 g/mol. The van der Waals surface area contributed by atoms with Crippen LogP contribution in [0.3, 0.4) is 0 Å². The predicted molar refractivity (Wildman–Crippen MR) is 96.8 cm³/mol. The molecule has 3 N–H and O–H groups in total. The van der Waals surface area contributed by atoms with Crippen molar-refractivity contribution in [1.29, 1.82) is 0 Å². The highest BCUT2D eigenvalue weighted by molar-refractivity contribution is 7.89. The Hall–Kier alpha value is -2.22. The van der Waals surface area contributed by atoms with Crippen LogP contribution in [0, 0.1) is 6.92 Å². The summed E-state index contributed by atoms with van der Waals surface area (Å²) < 4.78 is 24.3. The first-order valence-electron chi connectivity index (χ1n) is 8.11. The highest BCUT2D eigenvalue weighted by Crippen LogP contribution is 2.33. The van der Waals surface area contributed by atoms with Crippen LogP contribution in [0.2, 0.25) is 0 Å². The number of aryl methyl sites for hydroxylation is 1. The van der Waals surface area contributed by atoms with Crippen LogP contribution in [-0.4, -0.2) is 45.4 Å². The summed E-state index contributed by atoms with van der Waals surface area (Å²) in [5, 5.41) is 8.64. The van der Waals surface area contributed by atoms with Crippen LogP contribution in [0.15, 0.2) is 47.4 Å². The summed E-state index contributed by atoms with van der Waals surface area (Å²) in [5.74, 6) is -0.164. The molecule has 132 valence electrons. The number of hydrogen-bond donors (Lipinski definition) is 2. The van der Waals surface area contributed by atoms with Gasteiger partial charge in [-0.15, -0.1) is 0 Å². The number of hydrogen-bond acceptors (Lipinski definition) is 4. The van der Waals surface area contributed by atoms with E-state index in [0.717, 1.165) is 18.7 Å². The number of carbonyl (C=O) groups is 1. The van der Waals surface area contributed by atoms with E-state index >= 15 is 0 Å². The Balaban J connectivity index is 2.25. The number of nitrogens with two attached hydrogens (primary N) is 1. The molecular weight excluding hydrogens is 338 g/mol. The van der Waals surface area contributed by atoms with E-state index in [9.17, 15) is 13.2 Å². The lowest BCUT2D eigenvalue weighted by molar-refractivity contribution is 0.0735. The van der Waals surface area contributed by atoms with Crippen LogP contribution in [0.4, 0.5) is 0 Å². The zero-order chi connectivity index (χ0) is 18.0. The third kappa shape index (κ3) is 3.58. The van der Waals surface area contributed by atoms with E-state index in [2.05, 4.69) is 5.32 Å². The minimum absolute atomic E-state index is 0.0252. The van der Waals surface area contributed by atoms with Gasteiger partial charge in [0.25, 0.3) is 5.91 Å². The maximum absolute atomic E-state index is 13.2. The number of amides is 1. The third-order valence-electron chi connectivity index (χ3n) is 4.36. The zero-order valence-electron chi connectivity index (χ0n) is 14.0. The van der Waals surface area contributed by atoms with Crippen molar-refractivity contribution >= 4 is 15.9 Å². The van der Waals surface area contributed by atoms with E-state index in [-0.39, 0.29) is 10.8 Å². The van der Waals surface area contributed by atoms with Gasteiger partial charge in [0.1, 0.15) is 0 Å². The van der Waals surface area contributed by atoms with Gasteiger partial charge in [-0.25, -0.2) is 13.6 Å². The quantitative estimate of drug-likeness (QED) is 0.865. The molecule has 2 aromatic carbocycles. The fraction of sp³-hybridized carbons (Fsp3) is 0.278. The largest absolute Gasteiger partial charge is 0.336 e. The Kier molecular flexibility index (Phi) is 4.89. The van der Waals surface area contributed by atoms with E-state index in [1.165, 1.54) is 6.07 Å². The maximum atomic E-state index is 13.2. The van der Waals surface area contributed by atoms with E-state index in [1.807, 2.05) is 25.1 Å². The second-order valence-corrected chi connectivity index (χ2v) is 7.61. The van der Waals surface area contributed by atoms with Gasteiger partial charge >= 0.3 is 0 Å². The molecule has 6 nitrogen and oxygen atoms in total. The molecule has 7 heteroatoms. The van der Waals surface area contributed by atoms with E-state index in [0.29, 0.717) is 29.8 Å². The standard InChI is InChI=1S/C18H21N3O3S/c1-13-7-8-15(25(19,23)24)17(14-5-3-2-4-6-14)16(13)18(22)21-11-9-20-10-12-21/h2-8,20H,9-12H2,1H3,(H2,19,23,24). The SMILES string of the molecule is Cc1ccc(S(N)(=O)=O)c(-c2ccccc2)c1C(=O)N1CCNCC1. The van der Waals surface area contributed by atoms with E-state index in [4.69, 9.17) is 5.14 Å². The fourth-order valence-corrected chi connectivity index (χ4v) is 3.88. The first-order valence-corrected chi connectivity index (χ1v) is 9.66. The molecule has 1 heterocycles. The lowest BCUT2D eigenvalue weighted by atomic mass is 9.94. The number of rotatable bonds is 3. The van der Waals surface area contributed by atoms with Crippen LogP contribution in [-0.2, 0) is 10.0 Å².